The summed E-state index contributed by atoms with van der Waals surface area (Å²) in [6.07, 6.45) is 4.44. The fraction of sp³-hybridized carbons (Fsp3) is 0.261. The van der Waals surface area contributed by atoms with Gasteiger partial charge < -0.3 is 14.8 Å². The van der Waals surface area contributed by atoms with Crippen LogP contribution < -0.4 is 5.32 Å². The number of benzene rings is 2. The Morgan fingerprint density at radius 1 is 1.03 bits per heavy atom. The third-order valence-electron chi connectivity index (χ3n) is 4.21. The van der Waals surface area contributed by atoms with Gasteiger partial charge in [0.05, 0.1) is 12.7 Å². The molecule has 6 heteroatoms. The van der Waals surface area contributed by atoms with E-state index in [0.29, 0.717) is 11.1 Å². The average Bonchev–Trinajstić information content (AvgIpc) is 2.75. The highest BCUT2D eigenvalue weighted by molar-refractivity contribution is 5.91. The molecule has 152 valence electrons. The van der Waals surface area contributed by atoms with Crippen LogP contribution in [0.4, 0.5) is 0 Å². The maximum atomic E-state index is 11.9. The van der Waals surface area contributed by atoms with Gasteiger partial charge in [0.2, 0.25) is 0 Å². The van der Waals surface area contributed by atoms with Crippen molar-refractivity contribution < 1.29 is 23.9 Å². The van der Waals surface area contributed by atoms with Crippen molar-refractivity contribution in [2.24, 2.45) is 0 Å². The summed E-state index contributed by atoms with van der Waals surface area (Å²) in [6, 6.07) is 16.6. The van der Waals surface area contributed by atoms with E-state index in [1.807, 2.05) is 37.3 Å². The Bertz CT molecular complexity index is 843. The fourth-order valence-electron chi connectivity index (χ4n) is 2.61. The number of amides is 1. The molecule has 1 unspecified atom stereocenters. The molecule has 0 aliphatic carbocycles. The van der Waals surface area contributed by atoms with Crippen LogP contribution in [0.5, 0.6) is 0 Å². The Hall–Kier alpha value is -3.41. The largest absolute Gasteiger partial charge is 0.465 e. The molecule has 1 N–H and O–H groups in total. The van der Waals surface area contributed by atoms with E-state index in [9.17, 15) is 14.4 Å². The van der Waals surface area contributed by atoms with Gasteiger partial charge in [-0.25, -0.2) is 9.59 Å². The molecular formula is C23H25NO5. The third-order valence-corrected chi connectivity index (χ3v) is 4.21. The van der Waals surface area contributed by atoms with E-state index >= 15 is 0 Å². The summed E-state index contributed by atoms with van der Waals surface area (Å²) >= 11 is 0. The van der Waals surface area contributed by atoms with Gasteiger partial charge in [-0.1, -0.05) is 42.5 Å². The van der Waals surface area contributed by atoms with E-state index < -0.39 is 11.9 Å². The monoisotopic (exact) mass is 395 g/mol. The molecule has 0 saturated heterocycles. The molecule has 2 aromatic carbocycles. The van der Waals surface area contributed by atoms with Gasteiger partial charge in [-0.15, -0.1) is 0 Å². The normalized spacial score (nSPS) is 11.7. The molecule has 1 amide bonds. The minimum Gasteiger partial charge on any atom is -0.465 e. The van der Waals surface area contributed by atoms with Crippen molar-refractivity contribution in [3.8, 4) is 0 Å². The molecule has 0 radical (unpaired) electrons. The Morgan fingerprint density at radius 3 is 2.38 bits per heavy atom. The predicted molar refractivity (Wildman–Crippen MR) is 110 cm³/mol. The Balaban J connectivity index is 1.70. The Morgan fingerprint density at radius 2 is 1.72 bits per heavy atom. The van der Waals surface area contributed by atoms with Crippen molar-refractivity contribution in [1.29, 1.82) is 0 Å². The fourth-order valence-corrected chi connectivity index (χ4v) is 2.61. The summed E-state index contributed by atoms with van der Waals surface area (Å²) in [5.74, 6) is -1.38. The topological polar surface area (TPSA) is 81.7 Å². The van der Waals surface area contributed by atoms with Crippen LogP contribution in [0, 0.1) is 0 Å². The molecule has 0 spiro atoms. The highest BCUT2D eigenvalue weighted by Gasteiger charge is 2.09. The molecule has 29 heavy (non-hydrogen) atoms. The maximum Gasteiger partial charge on any atom is 0.337 e. The zero-order valence-corrected chi connectivity index (χ0v) is 16.6. The number of hydrogen-bond donors (Lipinski definition) is 1. The molecule has 0 aliphatic rings. The second kappa shape index (κ2) is 11.4. The first kappa shape index (κ1) is 21.9. The number of methoxy groups -OCH3 is 1. The molecule has 0 bridgehead atoms. The summed E-state index contributed by atoms with van der Waals surface area (Å²) in [5.41, 5.74) is 2.35. The van der Waals surface area contributed by atoms with Crippen molar-refractivity contribution in [2.45, 2.75) is 25.8 Å². The first-order valence-corrected chi connectivity index (χ1v) is 9.34. The van der Waals surface area contributed by atoms with Gasteiger partial charge in [-0.2, -0.15) is 0 Å². The van der Waals surface area contributed by atoms with Crippen LogP contribution in [0.2, 0.25) is 0 Å². The number of esters is 2. The van der Waals surface area contributed by atoms with E-state index in [-0.39, 0.29) is 18.6 Å². The third kappa shape index (κ3) is 8.01. The van der Waals surface area contributed by atoms with E-state index in [1.165, 1.54) is 18.7 Å². The van der Waals surface area contributed by atoms with Gasteiger partial charge in [-0.05, 0) is 49.1 Å². The number of hydrogen-bond acceptors (Lipinski definition) is 5. The molecule has 0 fully saturated rings. The highest BCUT2D eigenvalue weighted by atomic mass is 16.5. The molecule has 2 aromatic rings. The van der Waals surface area contributed by atoms with Crippen molar-refractivity contribution >= 4 is 23.9 Å². The molecule has 0 aliphatic heterocycles. The molecule has 0 heterocycles. The molecular weight excluding hydrogens is 370 g/mol. The van der Waals surface area contributed by atoms with Crippen molar-refractivity contribution in [3.63, 3.8) is 0 Å². The summed E-state index contributed by atoms with van der Waals surface area (Å²) in [7, 11) is 1.31. The second-order valence-electron chi connectivity index (χ2n) is 6.55. The number of carbonyl (C=O) groups excluding carboxylic acids is 3. The highest BCUT2D eigenvalue weighted by Crippen LogP contribution is 2.08. The van der Waals surface area contributed by atoms with E-state index in [1.54, 1.807) is 30.3 Å². The van der Waals surface area contributed by atoms with Crippen LogP contribution in [-0.2, 0) is 25.5 Å². The summed E-state index contributed by atoms with van der Waals surface area (Å²) < 4.78 is 9.58. The van der Waals surface area contributed by atoms with Crippen LogP contribution in [0.15, 0.2) is 60.7 Å². The minimum atomic E-state index is -0.617. The second-order valence-corrected chi connectivity index (χ2v) is 6.55. The van der Waals surface area contributed by atoms with Gasteiger partial charge >= 0.3 is 11.9 Å². The first-order chi connectivity index (χ1) is 14.0. The van der Waals surface area contributed by atoms with Crippen LogP contribution in [0.1, 0.15) is 34.8 Å². The van der Waals surface area contributed by atoms with Crippen molar-refractivity contribution in [3.05, 3.63) is 77.4 Å². The first-order valence-electron chi connectivity index (χ1n) is 9.34. The number of carbonyl (C=O) groups is 3. The number of rotatable bonds is 9. The average molecular weight is 395 g/mol. The van der Waals surface area contributed by atoms with Crippen LogP contribution in [0.25, 0.3) is 6.08 Å². The zero-order valence-electron chi connectivity index (χ0n) is 16.6. The maximum absolute atomic E-state index is 11.9. The Kier molecular flexibility index (Phi) is 8.63. The minimum absolute atomic E-state index is 0.0229. The molecule has 6 nitrogen and oxygen atoms in total. The molecule has 0 aromatic heterocycles. The van der Waals surface area contributed by atoms with E-state index in [4.69, 9.17) is 4.74 Å². The zero-order chi connectivity index (χ0) is 21.1. The standard InChI is InChI=1S/C23H25NO5/c1-17(8-9-18-6-4-3-5-7-18)24-21(25)16-29-22(26)15-12-19-10-13-20(14-11-19)23(27)28-2/h3-7,10-15,17H,8-9,16H2,1-2H3,(H,24,25)/b15-12+. The lowest BCUT2D eigenvalue weighted by atomic mass is 10.1. The van der Waals surface area contributed by atoms with Crippen LogP contribution >= 0.6 is 0 Å². The quantitative estimate of drug-likeness (QED) is 0.521. The van der Waals surface area contributed by atoms with Gasteiger partial charge in [0.25, 0.3) is 5.91 Å². The van der Waals surface area contributed by atoms with Gasteiger partial charge in [-0.3, -0.25) is 4.79 Å². The van der Waals surface area contributed by atoms with Gasteiger partial charge in [0.15, 0.2) is 6.61 Å². The number of ether oxygens (including phenoxy) is 2. The Labute approximate surface area is 170 Å². The van der Waals surface area contributed by atoms with Crippen molar-refractivity contribution in [1.82, 2.24) is 5.32 Å². The van der Waals surface area contributed by atoms with Gasteiger partial charge in [0.1, 0.15) is 0 Å². The lowest BCUT2D eigenvalue weighted by Gasteiger charge is -2.13. The van der Waals surface area contributed by atoms with E-state index in [2.05, 4.69) is 10.1 Å². The molecule has 1 atom stereocenters. The molecule has 0 saturated carbocycles. The number of nitrogens with one attached hydrogen (secondary N) is 1. The lowest BCUT2D eigenvalue weighted by Crippen LogP contribution is -2.36. The molecule has 2 rings (SSSR count). The van der Waals surface area contributed by atoms with Crippen molar-refractivity contribution in [2.75, 3.05) is 13.7 Å². The SMILES string of the molecule is COC(=O)c1ccc(/C=C/C(=O)OCC(=O)NC(C)CCc2ccccc2)cc1. The van der Waals surface area contributed by atoms with E-state index in [0.717, 1.165) is 12.8 Å². The van der Waals surface area contributed by atoms with Gasteiger partial charge in [0, 0.05) is 12.1 Å². The van der Waals surface area contributed by atoms with Crippen LogP contribution in [-0.4, -0.2) is 37.6 Å². The van der Waals surface area contributed by atoms with Crippen LogP contribution in [0.3, 0.4) is 0 Å². The summed E-state index contributed by atoms with van der Waals surface area (Å²) in [6.45, 7) is 1.58. The lowest BCUT2D eigenvalue weighted by molar-refractivity contribution is -0.144. The predicted octanol–water partition coefficient (Wildman–Crippen LogP) is 3.17. The smallest absolute Gasteiger partial charge is 0.337 e. The number of aryl methyl sites for hydroxylation is 1. The summed E-state index contributed by atoms with van der Waals surface area (Å²) in [4.78, 5) is 35.1. The summed E-state index contributed by atoms with van der Waals surface area (Å²) in [5, 5.41) is 2.82.